The molecule has 2 aromatic carbocycles. The number of anilines is 1. The molecule has 3 aromatic rings. The molecular formula is C18H16FN3O2. The maximum absolute atomic E-state index is 13.1. The average molecular weight is 325 g/mol. The van der Waals surface area contributed by atoms with Crippen molar-refractivity contribution in [1.82, 2.24) is 10.2 Å². The third kappa shape index (κ3) is 3.78. The number of nitrogens with one attached hydrogen (secondary N) is 2. The van der Waals surface area contributed by atoms with E-state index in [1.165, 1.54) is 18.2 Å². The van der Waals surface area contributed by atoms with Crippen LogP contribution in [0.2, 0.25) is 0 Å². The van der Waals surface area contributed by atoms with Crippen molar-refractivity contribution in [3.63, 3.8) is 0 Å². The van der Waals surface area contributed by atoms with Gasteiger partial charge >= 0.3 is 0 Å². The summed E-state index contributed by atoms with van der Waals surface area (Å²) in [6.45, 7) is 0. The number of aromatic amines is 1. The fourth-order valence-corrected chi connectivity index (χ4v) is 2.29. The maximum atomic E-state index is 13.1. The van der Waals surface area contributed by atoms with E-state index in [0.717, 1.165) is 17.0 Å². The second kappa shape index (κ2) is 6.95. The van der Waals surface area contributed by atoms with Gasteiger partial charge in [-0.25, -0.2) is 4.39 Å². The summed E-state index contributed by atoms with van der Waals surface area (Å²) >= 11 is 0. The lowest BCUT2D eigenvalue weighted by Gasteiger charge is -2.02. The first-order valence-corrected chi connectivity index (χ1v) is 7.38. The van der Waals surface area contributed by atoms with Crippen LogP contribution in [0.15, 0.2) is 54.6 Å². The van der Waals surface area contributed by atoms with E-state index in [1.54, 1.807) is 19.2 Å². The molecular weight excluding hydrogens is 309 g/mol. The summed E-state index contributed by atoms with van der Waals surface area (Å²) in [6, 6.07) is 15.1. The Hall–Kier alpha value is -3.15. The number of carbonyl (C=O) groups excluding carboxylic acids is 1. The first-order valence-electron chi connectivity index (χ1n) is 7.38. The Morgan fingerprint density at radius 1 is 1.21 bits per heavy atom. The Bertz CT molecular complexity index is 843. The number of H-pyrrole nitrogens is 1. The predicted molar refractivity (Wildman–Crippen MR) is 88.7 cm³/mol. The number of aromatic nitrogens is 2. The topological polar surface area (TPSA) is 67.0 Å². The molecule has 0 radical (unpaired) electrons. The zero-order valence-electron chi connectivity index (χ0n) is 13.0. The van der Waals surface area contributed by atoms with Crippen LogP contribution in [0.1, 0.15) is 21.7 Å². The summed E-state index contributed by atoms with van der Waals surface area (Å²) in [5, 5.41) is 9.47. The van der Waals surface area contributed by atoms with Crippen LogP contribution in [0.25, 0.3) is 0 Å². The van der Waals surface area contributed by atoms with E-state index in [1.807, 2.05) is 24.3 Å². The lowest BCUT2D eigenvalue weighted by Crippen LogP contribution is -2.12. The molecule has 0 saturated heterocycles. The van der Waals surface area contributed by atoms with Crippen molar-refractivity contribution in [2.75, 3.05) is 12.4 Å². The third-order valence-corrected chi connectivity index (χ3v) is 3.50. The molecule has 122 valence electrons. The Morgan fingerprint density at radius 2 is 2.00 bits per heavy atom. The lowest BCUT2D eigenvalue weighted by molar-refractivity contribution is 0.102. The van der Waals surface area contributed by atoms with E-state index in [2.05, 4.69) is 15.5 Å². The van der Waals surface area contributed by atoms with Crippen LogP contribution in [-0.4, -0.2) is 23.2 Å². The number of carbonyl (C=O) groups is 1. The molecule has 0 spiro atoms. The summed E-state index contributed by atoms with van der Waals surface area (Å²) in [7, 11) is 1.62. The van der Waals surface area contributed by atoms with Crippen molar-refractivity contribution >= 4 is 11.6 Å². The van der Waals surface area contributed by atoms with Crippen LogP contribution in [0, 0.1) is 5.82 Å². The minimum Gasteiger partial charge on any atom is -0.497 e. The molecule has 0 aliphatic carbocycles. The Labute approximate surface area is 138 Å². The molecule has 1 aromatic heterocycles. The smallest absolute Gasteiger partial charge is 0.276 e. The summed E-state index contributed by atoms with van der Waals surface area (Å²) in [6.07, 6.45) is 0.615. The van der Waals surface area contributed by atoms with Crippen molar-refractivity contribution in [2.45, 2.75) is 6.42 Å². The predicted octanol–water partition coefficient (Wildman–Crippen LogP) is 3.40. The largest absolute Gasteiger partial charge is 0.497 e. The highest BCUT2D eigenvalue weighted by Crippen LogP contribution is 2.15. The van der Waals surface area contributed by atoms with Gasteiger partial charge < -0.3 is 10.1 Å². The van der Waals surface area contributed by atoms with E-state index in [9.17, 15) is 9.18 Å². The fraction of sp³-hybridized carbons (Fsp3) is 0.111. The highest BCUT2D eigenvalue weighted by Gasteiger charge is 2.11. The second-order valence-corrected chi connectivity index (χ2v) is 5.27. The third-order valence-electron chi connectivity index (χ3n) is 3.50. The van der Waals surface area contributed by atoms with Crippen LogP contribution in [0.3, 0.4) is 0 Å². The van der Waals surface area contributed by atoms with Crippen LogP contribution in [0.4, 0.5) is 10.1 Å². The molecule has 1 heterocycles. The van der Waals surface area contributed by atoms with Crippen molar-refractivity contribution in [1.29, 1.82) is 0 Å². The van der Waals surface area contributed by atoms with Gasteiger partial charge in [0.05, 0.1) is 7.11 Å². The minimum atomic E-state index is -0.407. The lowest BCUT2D eigenvalue weighted by atomic mass is 10.1. The van der Waals surface area contributed by atoms with Crippen molar-refractivity contribution < 1.29 is 13.9 Å². The molecule has 0 aliphatic heterocycles. The van der Waals surface area contributed by atoms with E-state index < -0.39 is 11.7 Å². The molecule has 5 nitrogen and oxygen atoms in total. The quantitative estimate of drug-likeness (QED) is 0.755. The van der Waals surface area contributed by atoms with Gasteiger partial charge in [0.25, 0.3) is 5.91 Å². The SMILES string of the molecule is COc1ccc(Cc2cc(C(=O)Nc3cccc(F)c3)n[nH]2)cc1. The van der Waals surface area contributed by atoms with E-state index in [-0.39, 0.29) is 5.69 Å². The number of benzene rings is 2. The Morgan fingerprint density at radius 3 is 2.71 bits per heavy atom. The van der Waals surface area contributed by atoms with Crippen LogP contribution in [-0.2, 0) is 6.42 Å². The standard InChI is InChI=1S/C18H16FN3O2/c1-24-16-7-5-12(6-8-16)9-15-11-17(22-21-15)18(23)20-14-4-2-3-13(19)10-14/h2-8,10-11H,9H2,1H3,(H,20,23)(H,21,22). The molecule has 0 bridgehead atoms. The van der Waals surface area contributed by atoms with E-state index in [0.29, 0.717) is 12.1 Å². The van der Waals surface area contributed by atoms with Crippen LogP contribution >= 0.6 is 0 Å². The first-order chi connectivity index (χ1) is 11.6. The fourth-order valence-electron chi connectivity index (χ4n) is 2.29. The zero-order chi connectivity index (χ0) is 16.9. The number of hydrogen-bond donors (Lipinski definition) is 2. The molecule has 3 rings (SSSR count). The van der Waals surface area contributed by atoms with Gasteiger partial charge in [-0.05, 0) is 42.0 Å². The molecule has 1 amide bonds. The van der Waals surface area contributed by atoms with Gasteiger partial charge in [0.15, 0.2) is 5.69 Å². The highest BCUT2D eigenvalue weighted by molar-refractivity contribution is 6.02. The zero-order valence-corrected chi connectivity index (χ0v) is 13.0. The molecule has 0 unspecified atom stereocenters. The van der Waals surface area contributed by atoms with Gasteiger partial charge in [0, 0.05) is 17.8 Å². The van der Waals surface area contributed by atoms with Gasteiger partial charge in [0.2, 0.25) is 0 Å². The summed E-state index contributed by atoms with van der Waals surface area (Å²) in [5.41, 5.74) is 2.52. The summed E-state index contributed by atoms with van der Waals surface area (Å²) in [4.78, 5) is 12.1. The van der Waals surface area contributed by atoms with Gasteiger partial charge in [-0.1, -0.05) is 18.2 Å². The summed E-state index contributed by atoms with van der Waals surface area (Å²) < 4.78 is 18.3. The average Bonchev–Trinajstić information content (AvgIpc) is 3.04. The van der Waals surface area contributed by atoms with E-state index >= 15 is 0 Å². The normalized spacial score (nSPS) is 10.4. The Balaban J connectivity index is 1.66. The van der Waals surface area contributed by atoms with Crippen molar-refractivity contribution in [3.05, 3.63) is 77.4 Å². The molecule has 2 N–H and O–H groups in total. The molecule has 0 fully saturated rings. The minimum absolute atomic E-state index is 0.253. The van der Waals surface area contributed by atoms with Crippen molar-refractivity contribution in [2.24, 2.45) is 0 Å². The number of rotatable bonds is 5. The molecule has 0 saturated carbocycles. The molecule has 0 atom stereocenters. The van der Waals surface area contributed by atoms with Gasteiger partial charge in [0.1, 0.15) is 11.6 Å². The van der Waals surface area contributed by atoms with Crippen molar-refractivity contribution in [3.8, 4) is 5.75 Å². The number of ether oxygens (including phenoxy) is 1. The first kappa shape index (κ1) is 15.7. The summed E-state index contributed by atoms with van der Waals surface area (Å²) in [5.74, 6) is -0.00799. The van der Waals surface area contributed by atoms with E-state index in [4.69, 9.17) is 4.74 Å². The van der Waals surface area contributed by atoms with Gasteiger partial charge in [-0.2, -0.15) is 5.10 Å². The van der Waals surface area contributed by atoms with Crippen LogP contribution < -0.4 is 10.1 Å². The second-order valence-electron chi connectivity index (χ2n) is 5.27. The molecule has 6 heteroatoms. The number of halogens is 1. The maximum Gasteiger partial charge on any atom is 0.276 e. The highest BCUT2D eigenvalue weighted by atomic mass is 19.1. The molecule has 24 heavy (non-hydrogen) atoms. The molecule has 0 aliphatic rings. The number of hydrogen-bond acceptors (Lipinski definition) is 3. The number of methoxy groups -OCH3 is 1. The number of nitrogens with zero attached hydrogens (tertiary/aromatic N) is 1. The van der Waals surface area contributed by atoms with Gasteiger partial charge in [-0.3, -0.25) is 9.89 Å². The van der Waals surface area contributed by atoms with Gasteiger partial charge in [-0.15, -0.1) is 0 Å². The monoisotopic (exact) mass is 325 g/mol. The van der Waals surface area contributed by atoms with Crippen LogP contribution in [0.5, 0.6) is 5.75 Å². The number of amides is 1. The Kier molecular flexibility index (Phi) is 4.56.